The van der Waals surface area contributed by atoms with Crippen LogP contribution in [0.25, 0.3) is 16.9 Å². The zero-order valence-electron chi connectivity index (χ0n) is 10.4. The van der Waals surface area contributed by atoms with E-state index in [1.807, 2.05) is 41.0 Å². The van der Waals surface area contributed by atoms with Crippen molar-refractivity contribution in [2.24, 2.45) is 0 Å². The van der Waals surface area contributed by atoms with Gasteiger partial charge in [-0.1, -0.05) is 0 Å². The Balaban J connectivity index is 2.21. The molecule has 0 saturated carbocycles. The van der Waals surface area contributed by atoms with Crippen molar-refractivity contribution >= 4 is 22.8 Å². The van der Waals surface area contributed by atoms with E-state index in [0.29, 0.717) is 5.88 Å². The first kappa shape index (κ1) is 12.0. The molecule has 0 aliphatic carbocycles. The van der Waals surface area contributed by atoms with Gasteiger partial charge in [0, 0.05) is 11.9 Å². The standard InChI is InChI=1S/C14H12ClN3O/c1-19-11-6-4-10(5-7-11)18-13(9-15)17-12-3-2-8-16-14(12)18/h2-8H,9H2,1H3. The quantitative estimate of drug-likeness (QED) is 0.688. The number of pyridine rings is 1. The van der Waals surface area contributed by atoms with Gasteiger partial charge in [-0.05, 0) is 36.4 Å². The summed E-state index contributed by atoms with van der Waals surface area (Å²) in [5, 5.41) is 0. The average Bonchev–Trinajstić information content (AvgIpc) is 2.86. The van der Waals surface area contributed by atoms with Crippen molar-refractivity contribution in [2.75, 3.05) is 7.11 Å². The second kappa shape index (κ2) is 4.90. The average molecular weight is 274 g/mol. The third kappa shape index (κ3) is 2.04. The number of halogens is 1. The Hall–Kier alpha value is -2.07. The summed E-state index contributed by atoms with van der Waals surface area (Å²) in [6.07, 6.45) is 1.75. The number of hydrogen-bond donors (Lipinski definition) is 0. The maximum Gasteiger partial charge on any atom is 0.164 e. The topological polar surface area (TPSA) is 39.9 Å². The molecule has 0 amide bonds. The van der Waals surface area contributed by atoms with E-state index in [-0.39, 0.29) is 0 Å². The molecule has 3 rings (SSSR count). The van der Waals surface area contributed by atoms with Gasteiger partial charge in [-0.3, -0.25) is 4.57 Å². The maximum atomic E-state index is 5.98. The Morgan fingerprint density at radius 2 is 2.00 bits per heavy atom. The number of ether oxygens (including phenoxy) is 1. The van der Waals surface area contributed by atoms with E-state index in [1.165, 1.54) is 0 Å². The zero-order chi connectivity index (χ0) is 13.2. The number of aromatic nitrogens is 3. The summed E-state index contributed by atoms with van der Waals surface area (Å²) in [5.74, 6) is 1.93. The van der Waals surface area contributed by atoms with Crippen LogP contribution < -0.4 is 4.74 Å². The van der Waals surface area contributed by atoms with Crippen LogP contribution in [0.15, 0.2) is 42.6 Å². The largest absolute Gasteiger partial charge is 0.497 e. The fourth-order valence-corrected chi connectivity index (χ4v) is 2.23. The Labute approximate surface area is 115 Å². The Bertz CT molecular complexity index is 706. The zero-order valence-corrected chi connectivity index (χ0v) is 11.1. The van der Waals surface area contributed by atoms with E-state index in [0.717, 1.165) is 28.4 Å². The van der Waals surface area contributed by atoms with Crippen molar-refractivity contribution in [3.63, 3.8) is 0 Å². The first-order valence-electron chi connectivity index (χ1n) is 5.86. The van der Waals surface area contributed by atoms with Gasteiger partial charge in [0.05, 0.1) is 13.0 Å². The molecule has 0 spiro atoms. The van der Waals surface area contributed by atoms with Crippen LogP contribution >= 0.6 is 11.6 Å². The summed E-state index contributed by atoms with van der Waals surface area (Å²) in [6.45, 7) is 0. The van der Waals surface area contributed by atoms with Gasteiger partial charge >= 0.3 is 0 Å². The normalized spacial score (nSPS) is 10.8. The SMILES string of the molecule is COc1ccc(-n2c(CCl)nc3cccnc32)cc1. The van der Waals surface area contributed by atoms with Gasteiger partial charge in [0.15, 0.2) is 5.65 Å². The van der Waals surface area contributed by atoms with E-state index in [2.05, 4.69) is 9.97 Å². The third-order valence-corrected chi connectivity index (χ3v) is 3.17. The molecule has 0 radical (unpaired) electrons. The monoisotopic (exact) mass is 273 g/mol. The summed E-state index contributed by atoms with van der Waals surface area (Å²) in [6, 6.07) is 11.5. The molecule has 0 aliphatic heterocycles. The fraction of sp³-hybridized carbons (Fsp3) is 0.143. The number of hydrogen-bond acceptors (Lipinski definition) is 3. The van der Waals surface area contributed by atoms with Crippen molar-refractivity contribution in [1.29, 1.82) is 0 Å². The second-order valence-electron chi connectivity index (χ2n) is 4.04. The lowest BCUT2D eigenvalue weighted by Crippen LogP contribution is -2.00. The van der Waals surface area contributed by atoms with E-state index in [4.69, 9.17) is 16.3 Å². The highest BCUT2D eigenvalue weighted by Crippen LogP contribution is 2.22. The number of fused-ring (bicyclic) bond motifs is 1. The van der Waals surface area contributed by atoms with Crippen molar-refractivity contribution in [2.45, 2.75) is 5.88 Å². The molecule has 4 nitrogen and oxygen atoms in total. The molecular weight excluding hydrogens is 262 g/mol. The van der Waals surface area contributed by atoms with Gasteiger partial charge in [0.2, 0.25) is 0 Å². The molecule has 19 heavy (non-hydrogen) atoms. The molecule has 5 heteroatoms. The van der Waals surface area contributed by atoms with Gasteiger partial charge in [-0.2, -0.15) is 0 Å². The molecule has 0 saturated heterocycles. The third-order valence-electron chi connectivity index (χ3n) is 2.94. The van der Waals surface area contributed by atoms with E-state index in [9.17, 15) is 0 Å². The van der Waals surface area contributed by atoms with Crippen LogP contribution in [0.3, 0.4) is 0 Å². The number of alkyl halides is 1. The molecule has 0 atom stereocenters. The van der Waals surface area contributed by atoms with Crippen molar-refractivity contribution in [1.82, 2.24) is 14.5 Å². The molecule has 0 fully saturated rings. The van der Waals surface area contributed by atoms with Crippen molar-refractivity contribution in [3.05, 3.63) is 48.4 Å². The molecule has 0 N–H and O–H groups in total. The molecule has 1 aromatic carbocycles. The minimum atomic E-state index is 0.336. The minimum absolute atomic E-state index is 0.336. The molecule has 3 aromatic rings. The summed E-state index contributed by atoms with van der Waals surface area (Å²) >= 11 is 5.98. The predicted octanol–water partition coefficient (Wildman–Crippen LogP) is 3.17. The van der Waals surface area contributed by atoms with Crippen LogP contribution in [0.5, 0.6) is 5.75 Å². The number of methoxy groups -OCH3 is 1. The van der Waals surface area contributed by atoms with Gasteiger partial charge < -0.3 is 4.74 Å². The van der Waals surface area contributed by atoms with Gasteiger partial charge in [-0.15, -0.1) is 11.6 Å². The Morgan fingerprint density at radius 3 is 2.68 bits per heavy atom. The minimum Gasteiger partial charge on any atom is -0.497 e. The van der Waals surface area contributed by atoms with Gasteiger partial charge in [0.1, 0.15) is 17.1 Å². The summed E-state index contributed by atoms with van der Waals surface area (Å²) in [5.41, 5.74) is 2.62. The molecule has 0 bridgehead atoms. The van der Waals surface area contributed by atoms with Crippen LogP contribution in [-0.2, 0) is 5.88 Å². The first-order valence-corrected chi connectivity index (χ1v) is 6.39. The number of imidazole rings is 1. The van der Waals surface area contributed by atoms with Crippen LogP contribution in [0.1, 0.15) is 5.82 Å². The van der Waals surface area contributed by atoms with Crippen molar-refractivity contribution in [3.8, 4) is 11.4 Å². The molecule has 2 heterocycles. The molecule has 2 aromatic heterocycles. The molecule has 0 aliphatic rings. The second-order valence-corrected chi connectivity index (χ2v) is 4.31. The van der Waals surface area contributed by atoms with Crippen molar-refractivity contribution < 1.29 is 4.74 Å². The lowest BCUT2D eigenvalue weighted by molar-refractivity contribution is 0.414. The highest BCUT2D eigenvalue weighted by atomic mass is 35.5. The highest BCUT2D eigenvalue weighted by Gasteiger charge is 2.12. The van der Waals surface area contributed by atoms with Crippen LogP contribution in [0.4, 0.5) is 0 Å². The fourth-order valence-electron chi connectivity index (χ4n) is 2.05. The molecule has 96 valence electrons. The number of rotatable bonds is 3. The Morgan fingerprint density at radius 1 is 1.21 bits per heavy atom. The van der Waals surface area contributed by atoms with E-state index in [1.54, 1.807) is 13.3 Å². The lowest BCUT2D eigenvalue weighted by Gasteiger charge is -2.07. The van der Waals surface area contributed by atoms with Gasteiger partial charge in [-0.25, -0.2) is 9.97 Å². The smallest absolute Gasteiger partial charge is 0.164 e. The lowest BCUT2D eigenvalue weighted by atomic mass is 10.3. The summed E-state index contributed by atoms with van der Waals surface area (Å²) in [4.78, 5) is 8.87. The molecular formula is C14H12ClN3O. The van der Waals surface area contributed by atoms with E-state index >= 15 is 0 Å². The summed E-state index contributed by atoms with van der Waals surface area (Å²) < 4.78 is 7.12. The predicted molar refractivity (Wildman–Crippen MR) is 75.0 cm³/mol. The maximum absolute atomic E-state index is 5.98. The highest BCUT2D eigenvalue weighted by molar-refractivity contribution is 6.16. The van der Waals surface area contributed by atoms with Crippen LogP contribution in [-0.4, -0.2) is 21.6 Å². The summed E-state index contributed by atoms with van der Waals surface area (Å²) in [7, 11) is 1.65. The number of nitrogens with zero attached hydrogens (tertiary/aromatic N) is 3. The Kier molecular flexibility index (Phi) is 3.09. The number of benzene rings is 1. The van der Waals surface area contributed by atoms with E-state index < -0.39 is 0 Å². The van der Waals surface area contributed by atoms with Crippen LogP contribution in [0.2, 0.25) is 0 Å². The van der Waals surface area contributed by atoms with Gasteiger partial charge in [0.25, 0.3) is 0 Å². The van der Waals surface area contributed by atoms with Crippen LogP contribution in [0, 0.1) is 0 Å². The first-order chi connectivity index (χ1) is 9.33. The molecule has 0 unspecified atom stereocenters.